The lowest BCUT2D eigenvalue weighted by molar-refractivity contribution is -0.121. The topological polar surface area (TPSA) is 50.3 Å². The second-order valence-electron chi connectivity index (χ2n) is 4.98. The summed E-state index contributed by atoms with van der Waals surface area (Å²) in [5.41, 5.74) is 1.15. The fraction of sp³-hybridized carbons (Fsp3) is 0.615. The van der Waals surface area contributed by atoms with Crippen molar-refractivity contribution in [2.45, 2.75) is 44.9 Å². The van der Waals surface area contributed by atoms with Gasteiger partial charge in [0.05, 0.1) is 18.7 Å². The SMILES string of the molecule is O=C1CC(=O)N(c2nc3c(s2)CCCCCC3)C1. The van der Waals surface area contributed by atoms with Crippen LogP contribution < -0.4 is 4.90 Å². The number of anilines is 1. The highest BCUT2D eigenvalue weighted by molar-refractivity contribution is 7.16. The minimum absolute atomic E-state index is 0.00242. The van der Waals surface area contributed by atoms with Crippen LogP contribution in [0.25, 0.3) is 0 Å². The minimum atomic E-state index is -0.0956. The Bertz CT molecular complexity index is 470. The van der Waals surface area contributed by atoms with Gasteiger partial charge in [-0.25, -0.2) is 4.98 Å². The quantitative estimate of drug-likeness (QED) is 0.730. The Morgan fingerprint density at radius 1 is 1.06 bits per heavy atom. The molecular weight excluding hydrogens is 248 g/mol. The van der Waals surface area contributed by atoms with Crippen LogP contribution >= 0.6 is 11.3 Å². The molecule has 4 nitrogen and oxygen atoms in total. The first-order chi connectivity index (χ1) is 8.74. The Labute approximate surface area is 110 Å². The van der Waals surface area contributed by atoms with Gasteiger partial charge in [-0.2, -0.15) is 0 Å². The molecule has 1 amide bonds. The average Bonchev–Trinajstić information content (AvgIpc) is 2.82. The maximum atomic E-state index is 11.7. The summed E-state index contributed by atoms with van der Waals surface area (Å²) in [7, 11) is 0. The monoisotopic (exact) mass is 264 g/mol. The molecule has 1 aromatic heterocycles. The molecule has 96 valence electrons. The lowest BCUT2D eigenvalue weighted by Crippen LogP contribution is -2.24. The van der Waals surface area contributed by atoms with Crippen molar-refractivity contribution in [1.29, 1.82) is 0 Å². The number of hydrogen-bond donors (Lipinski definition) is 0. The van der Waals surface area contributed by atoms with Crippen molar-refractivity contribution < 1.29 is 9.59 Å². The molecule has 2 heterocycles. The summed E-state index contributed by atoms with van der Waals surface area (Å²) in [6.45, 7) is 0.214. The molecule has 5 heteroatoms. The zero-order valence-corrected chi connectivity index (χ0v) is 11.1. The number of carbonyl (C=O) groups excluding carboxylic acids is 2. The number of carbonyl (C=O) groups is 2. The van der Waals surface area contributed by atoms with E-state index in [0.29, 0.717) is 0 Å². The van der Waals surface area contributed by atoms with Gasteiger partial charge in [0.25, 0.3) is 0 Å². The fourth-order valence-electron chi connectivity index (χ4n) is 2.57. The van der Waals surface area contributed by atoms with E-state index in [1.165, 1.54) is 30.6 Å². The average molecular weight is 264 g/mol. The summed E-state index contributed by atoms with van der Waals surface area (Å²) in [5, 5.41) is 0.734. The van der Waals surface area contributed by atoms with Crippen LogP contribution in [0.1, 0.15) is 42.7 Å². The van der Waals surface area contributed by atoms with Crippen molar-refractivity contribution in [3.63, 3.8) is 0 Å². The summed E-state index contributed by atoms with van der Waals surface area (Å²) in [6.07, 6.45) is 7.08. The van der Waals surface area contributed by atoms with Crippen molar-refractivity contribution in [2.75, 3.05) is 11.4 Å². The number of fused-ring (bicyclic) bond motifs is 1. The Morgan fingerprint density at radius 3 is 2.56 bits per heavy atom. The van der Waals surface area contributed by atoms with Gasteiger partial charge in [-0.05, 0) is 25.7 Å². The van der Waals surface area contributed by atoms with E-state index in [1.807, 2.05) is 0 Å². The summed E-state index contributed by atoms with van der Waals surface area (Å²) < 4.78 is 0. The van der Waals surface area contributed by atoms with Crippen LogP contribution in [0.5, 0.6) is 0 Å². The highest BCUT2D eigenvalue weighted by atomic mass is 32.1. The summed E-state index contributed by atoms with van der Waals surface area (Å²) in [6, 6.07) is 0. The minimum Gasteiger partial charge on any atom is -0.297 e. The predicted molar refractivity (Wildman–Crippen MR) is 70.0 cm³/mol. The van der Waals surface area contributed by atoms with Gasteiger partial charge in [-0.15, -0.1) is 11.3 Å². The van der Waals surface area contributed by atoms with Gasteiger partial charge in [0.1, 0.15) is 0 Å². The number of ketones is 1. The van der Waals surface area contributed by atoms with E-state index in [2.05, 4.69) is 4.98 Å². The summed E-state index contributed by atoms with van der Waals surface area (Å²) >= 11 is 1.60. The van der Waals surface area contributed by atoms with Crippen molar-refractivity contribution in [2.24, 2.45) is 0 Å². The fourth-order valence-corrected chi connectivity index (χ4v) is 3.73. The number of hydrogen-bond acceptors (Lipinski definition) is 4. The van der Waals surface area contributed by atoms with Crippen LogP contribution in [0.4, 0.5) is 5.13 Å². The largest absolute Gasteiger partial charge is 0.297 e. The predicted octanol–water partition coefficient (Wildman–Crippen LogP) is 2.11. The van der Waals surface area contributed by atoms with Crippen LogP contribution in [0.3, 0.4) is 0 Å². The molecular formula is C13H16N2O2S. The molecule has 0 N–H and O–H groups in total. The third-order valence-corrected chi connectivity index (χ3v) is 4.73. The molecule has 1 aromatic rings. The standard InChI is InChI=1S/C13H16N2O2S/c16-9-7-12(17)15(8-9)13-14-10-5-3-1-2-4-6-11(10)18-13/h1-8H2. The zero-order chi connectivity index (χ0) is 12.5. The normalized spacial score (nSPS) is 20.8. The Kier molecular flexibility index (Phi) is 3.16. The van der Waals surface area contributed by atoms with E-state index < -0.39 is 0 Å². The van der Waals surface area contributed by atoms with Crippen LogP contribution in [0.15, 0.2) is 0 Å². The van der Waals surface area contributed by atoms with E-state index in [-0.39, 0.29) is 24.7 Å². The number of nitrogens with zero attached hydrogens (tertiary/aromatic N) is 2. The van der Waals surface area contributed by atoms with E-state index in [9.17, 15) is 9.59 Å². The second-order valence-corrected chi connectivity index (χ2v) is 6.04. The highest BCUT2D eigenvalue weighted by Crippen LogP contribution is 2.32. The molecule has 0 aromatic carbocycles. The first-order valence-electron chi connectivity index (χ1n) is 6.54. The van der Waals surface area contributed by atoms with E-state index in [0.717, 1.165) is 23.7 Å². The molecule has 0 bridgehead atoms. The van der Waals surface area contributed by atoms with Gasteiger partial charge in [-0.1, -0.05) is 12.8 Å². The third-order valence-electron chi connectivity index (χ3n) is 3.55. The van der Waals surface area contributed by atoms with Crippen LogP contribution in [-0.4, -0.2) is 23.2 Å². The zero-order valence-electron chi connectivity index (χ0n) is 10.3. The molecule has 18 heavy (non-hydrogen) atoms. The van der Waals surface area contributed by atoms with Crippen molar-refractivity contribution in [3.05, 3.63) is 10.6 Å². The number of Topliss-reactive ketones (excluding diaryl/α,β-unsaturated/α-hetero) is 1. The highest BCUT2D eigenvalue weighted by Gasteiger charge is 2.31. The first kappa shape index (κ1) is 11.8. The molecule has 1 aliphatic heterocycles. The Balaban J connectivity index is 1.87. The van der Waals surface area contributed by atoms with Gasteiger partial charge in [0.15, 0.2) is 10.9 Å². The van der Waals surface area contributed by atoms with Crippen molar-refractivity contribution in [1.82, 2.24) is 4.98 Å². The van der Waals surface area contributed by atoms with Gasteiger partial charge in [0.2, 0.25) is 5.91 Å². The molecule has 0 spiro atoms. The molecule has 0 radical (unpaired) electrons. The third kappa shape index (κ3) is 2.19. The number of rotatable bonds is 1. The van der Waals surface area contributed by atoms with Crippen molar-refractivity contribution >= 4 is 28.2 Å². The smallest absolute Gasteiger partial charge is 0.236 e. The lowest BCUT2D eigenvalue weighted by Gasteiger charge is -2.09. The van der Waals surface area contributed by atoms with E-state index in [4.69, 9.17) is 0 Å². The molecule has 2 aliphatic rings. The molecule has 0 unspecified atom stereocenters. The van der Waals surface area contributed by atoms with Gasteiger partial charge in [0, 0.05) is 4.88 Å². The molecule has 1 fully saturated rings. The van der Waals surface area contributed by atoms with Gasteiger partial charge < -0.3 is 0 Å². The number of amides is 1. The molecule has 0 atom stereocenters. The Hall–Kier alpha value is -1.23. The molecule has 0 saturated carbocycles. The number of thiazole rings is 1. The first-order valence-corrected chi connectivity index (χ1v) is 7.36. The molecule has 1 aliphatic carbocycles. The van der Waals surface area contributed by atoms with Gasteiger partial charge in [-0.3, -0.25) is 14.5 Å². The summed E-state index contributed by atoms with van der Waals surface area (Å²) in [4.78, 5) is 30.5. The van der Waals surface area contributed by atoms with E-state index in [1.54, 1.807) is 16.2 Å². The number of aromatic nitrogens is 1. The number of aryl methyl sites for hydroxylation is 2. The summed E-state index contributed by atoms with van der Waals surface area (Å²) in [5.74, 6) is -0.0932. The van der Waals surface area contributed by atoms with E-state index >= 15 is 0 Å². The van der Waals surface area contributed by atoms with Crippen molar-refractivity contribution in [3.8, 4) is 0 Å². The van der Waals surface area contributed by atoms with Crippen LogP contribution in [0.2, 0.25) is 0 Å². The maximum Gasteiger partial charge on any atom is 0.236 e. The van der Waals surface area contributed by atoms with Crippen LogP contribution in [0, 0.1) is 0 Å². The molecule has 1 saturated heterocycles. The van der Waals surface area contributed by atoms with Gasteiger partial charge >= 0.3 is 0 Å². The Morgan fingerprint density at radius 2 is 1.83 bits per heavy atom. The maximum absolute atomic E-state index is 11.7. The molecule has 3 rings (SSSR count). The second kappa shape index (κ2) is 4.80. The lowest BCUT2D eigenvalue weighted by atomic mass is 10.0. The van der Waals surface area contributed by atoms with Crippen LogP contribution in [-0.2, 0) is 22.4 Å².